The first-order chi connectivity index (χ1) is 9.88. The van der Waals surface area contributed by atoms with Gasteiger partial charge in [0.25, 0.3) is 11.6 Å². The molecular formula is C14H11FN2O4. The third-order valence-electron chi connectivity index (χ3n) is 2.81. The molecule has 0 radical (unpaired) electrons. The molecule has 0 aromatic heterocycles. The van der Waals surface area contributed by atoms with Gasteiger partial charge in [-0.15, -0.1) is 0 Å². The second kappa shape index (κ2) is 5.58. The highest BCUT2D eigenvalue weighted by atomic mass is 19.1. The van der Waals surface area contributed by atoms with Crippen molar-refractivity contribution in [3.63, 3.8) is 0 Å². The lowest BCUT2D eigenvalue weighted by molar-refractivity contribution is -0.384. The van der Waals surface area contributed by atoms with Crippen molar-refractivity contribution in [2.45, 2.75) is 6.92 Å². The number of carbonyl (C=O) groups excluding carboxylic acids is 1. The van der Waals surface area contributed by atoms with Gasteiger partial charge in [0.05, 0.1) is 16.2 Å². The number of hydrogen-bond donors (Lipinski definition) is 2. The number of carbonyl (C=O) groups is 1. The standard InChI is InChI=1S/C14H11FN2O4/c1-8-2-5-12(13(18)6-8)16-14(19)10-7-9(17(20)21)3-4-11(10)15/h2-7,18H,1H3,(H,16,19). The molecule has 0 atom stereocenters. The number of nitrogens with zero attached hydrogens (tertiary/aromatic N) is 1. The number of rotatable bonds is 3. The second-order valence-electron chi connectivity index (χ2n) is 4.40. The van der Waals surface area contributed by atoms with E-state index >= 15 is 0 Å². The summed E-state index contributed by atoms with van der Waals surface area (Å²) in [5, 5.41) is 22.6. The molecule has 1 amide bonds. The Hall–Kier alpha value is -2.96. The van der Waals surface area contributed by atoms with Crippen LogP contribution in [0.15, 0.2) is 36.4 Å². The molecule has 0 fully saturated rings. The van der Waals surface area contributed by atoms with Crippen molar-refractivity contribution < 1.29 is 19.2 Å². The third kappa shape index (κ3) is 3.14. The monoisotopic (exact) mass is 290 g/mol. The van der Waals surface area contributed by atoms with E-state index in [4.69, 9.17) is 0 Å². The van der Waals surface area contributed by atoms with Gasteiger partial charge >= 0.3 is 0 Å². The zero-order valence-electron chi connectivity index (χ0n) is 11.0. The Bertz CT molecular complexity index is 731. The van der Waals surface area contributed by atoms with Gasteiger partial charge in [-0.2, -0.15) is 0 Å². The van der Waals surface area contributed by atoms with Crippen LogP contribution < -0.4 is 5.32 Å². The van der Waals surface area contributed by atoms with Gasteiger partial charge in [0.2, 0.25) is 0 Å². The number of hydrogen-bond acceptors (Lipinski definition) is 4. The molecule has 0 bridgehead atoms. The maximum absolute atomic E-state index is 13.6. The Morgan fingerprint density at radius 3 is 2.62 bits per heavy atom. The van der Waals surface area contributed by atoms with Crippen LogP contribution in [0.2, 0.25) is 0 Å². The number of anilines is 1. The first-order valence-corrected chi connectivity index (χ1v) is 5.93. The Morgan fingerprint density at radius 2 is 2.00 bits per heavy atom. The fourth-order valence-electron chi connectivity index (χ4n) is 1.74. The van der Waals surface area contributed by atoms with Gasteiger partial charge in [-0.25, -0.2) is 4.39 Å². The summed E-state index contributed by atoms with van der Waals surface area (Å²) in [6.45, 7) is 1.76. The van der Waals surface area contributed by atoms with Crippen molar-refractivity contribution in [1.82, 2.24) is 0 Å². The van der Waals surface area contributed by atoms with E-state index in [1.54, 1.807) is 13.0 Å². The summed E-state index contributed by atoms with van der Waals surface area (Å²) in [6.07, 6.45) is 0. The number of phenolic OH excluding ortho intramolecular Hbond substituents is 1. The molecule has 2 aromatic carbocycles. The summed E-state index contributed by atoms with van der Waals surface area (Å²) in [4.78, 5) is 21.9. The van der Waals surface area contributed by atoms with Crippen LogP contribution in [-0.4, -0.2) is 15.9 Å². The fraction of sp³-hybridized carbons (Fsp3) is 0.0714. The second-order valence-corrected chi connectivity index (χ2v) is 4.40. The quantitative estimate of drug-likeness (QED) is 0.516. The molecule has 0 spiro atoms. The maximum atomic E-state index is 13.6. The number of nitro groups is 1. The van der Waals surface area contributed by atoms with Crippen molar-refractivity contribution in [2.75, 3.05) is 5.32 Å². The van der Waals surface area contributed by atoms with Gasteiger partial charge in [0, 0.05) is 12.1 Å². The SMILES string of the molecule is Cc1ccc(NC(=O)c2cc([N+](=O)[O-])ccc2F)c(O)c1. The van der Waals surface area contributed by atoms with E-state index in [9.17, 15) is 24.4 Å². The summed E-state index contributed by atoms with van der Waals surface area (Å²) in [5.41, 5.74) is 0.0161. The average Bonchev–Trinajstić information content (AvgIpc) is 2.42. The van der Waals surface area contributed by atoms with Crippen LogP contribution in [0, 0.1) is 22.9 Å². The smallest absolute Gasteiger partial charge is 0.270 e. The van der Waals surface area contributed by atoms with Crippen molar-refractivity contribution in [3.05, 3.63) is 63.5 Å². The van der Waals surface area contributed by atoms with Gasteiger partial charge in [-0.05, 0) is 30.7 Å². The molecule has 108 valence electrons. The number of aromatic hydroxyl groups is 1. The van der Waals surface area contributed by atoms with Gasteiger partial charge in [0.15, 0.2) is 0 Å². The lowest BCUT2D eigenvalue weighted by Gasteiger charge is -2.08. The molecule has 2 N–H and O–H groups in total. The fourth-order valence-corrected chi connectivity index (χ4v) is 1.74. The third-order valence-corrected chi connectivity index (χ3v) is 2.81. The number of aryl methyl sites for hydroxylation is 1. The molecule has 0 aliphatic carbocycles. The van der Waals surface area contributed by atoms with Crippen molar-refractivity contribution in [1.29, 1.82) is 0 Å². The highest BCUT2D eigenvalue weighted by Gasteiger charge is 2.18. The van der Waals surface area contributed by atoms with E-state index < -0.39 is 27.9 Å². The van der Waals surface area contributed by atoms with Crippen LogP contribution in [0.5, 0.6) is 5.75 Å². The molecule has 0 aliphatic rings. The molecule has 0 heterocycles. The minimum absolute atomic E-state index is 0.0940. The Balaban J connectivity index is 2.32. The number of phenols is 1. The summed E-state index contributed by atoms with van der Waals surface area (Å²) in [6, 6.07) is 7.20. The average molecular weight is 290 g/mol. The molecule has 2 aromatic rings. The lowest BCUT2D eigenvalue weighted by Crippen LogP contribution is -2.14. The number of halogens is 1. The van der Waals surface area contributed by atoms with Crippen molar-refractivity contribution in [2.24, 2.45) is 0 Å². The Kier molecular flexibility index (Phi) is 3.84. The largest absolute Gasteiger partial charge is 0.506 e. The Labute approximate surface area is 119 Å². The topological polar surface area (TPSA) is 92.5 Å². The minimum Gasteiger partial charge on any atom is -0.506 e. The van der Waals surface area contributed by atoms with Crippen LogP contribution in [0.3, 0.4) is 0 Å². The van der Waals surface area contributed by atoms with Crippen LogP contribution in [0.1, 0.15) is 15.9 Å². The normalized spacial score (nSPS) is 10.2. The number of benzene rings is 2. The number of nitro benzene ring substituents is 1. The molecule has 21 heavy (non-hydrogen) atoms. The summed E-state index contributed by atoms with van der Waals surface area (Å²) < 4.78 is 13.6. The zero-order valence-corrected chi connectivity index (χ0v) is 11.0. The van der Waals surface area contributed by atoms with E-state index in [2.05, 4.69) is 5.32 Å². The van der Waals surface area contributed by atoms with E-state index in [1.807, 2.05) is 0 Å². The van der Waals surface area contributed by atoms with Gasteiger partial charge in [0.1, 0.15) is 11.6 Å². The van der Waals surface area contributed by atoms with Crippen LogP contribution in [0.25, 0.3) is 0 Å². The lowest BCUT2D eigenvalue weighted by atomic mass is 10.1. The summed E-state index contributed by atoms with van der Waals surface area (Å²) in [7, 11) is 0. The predicted molar refractivity (Wildman–Crippen MR) is 73.9 cm³/mol. The predicted octanol–water partition coefficient (Wildman–Crippen LogP) is 3.00. The first kappa shape index (κ1) is 14.4. The molecule has 7 heteroatoms. The van der Waals surface area contributed by atoms with Gasteiger partial charge < -0.3 is 10.4 Å². The van der Waals surface area contributed by atoms with Crippen LogP contribution in [-0.2, 0) is 0 Å². The van der Waals surface area contributed by atoms with E-state index in [-0.39, 0.29) is 11.4 Å². The maximum Gasteiger partial charge on any atom is 0.270 e. The van der Waals surface area contributed by atoms with Crippen molar-refractivity contribution >= 4 is 17.3 Å². The molecule has 0 saturated heterocycles. The molecule has 0 unspecified atom stereocenters. The number of nitrogens with one attached hydrogen (secondary N) is 1. The van der Waals surface area contributed by atoms with Gasteiger partial charge in [-0.1, -0.05) is 6.07 Å². The highest BCUT2D eigenvalue weighted by Crippen LogP contribution is 2.25. The summed E-state index contributed by atoms with van der Waals surface area (Å²) in [5.74, 6) is -1.94. The summed E-state index contributed by atoms with van der Waals surface area (Å²) >= 11 is 0. The molecule has 0 aliphatic heterocycles. The minimum atomic E-state index is -0.885. The number of non-ortho nitro benzene ring substituents is 1. The highest BCUT2D eigenvalue weighted by molar-refractivity contribution is 6.05. The van der Waals surface area contributed by atoms with E-state index in [0.29, 0.717) is 0 Å². The molecule has 6 nitrogen and oxygen atoms in total. The molecule has 0 saturated carbocycles. The van der Waals surface area contributed by atoms with E-state index in [0.717, 1.165) is 23.8 Å². The number of amides is 1. The first-order valence-electron chi connectivity index (χ1n) is 5.93. The van der Waals surface area contributed by atoms with Gasteiger partial charge in [-0.3, -0.25) is 14.9 Å². The Morgan fingerprint density at radius 1 is 1.29 bits per heavy atom. The zero-order chi connectivity index (χ0) is 15.6. The van der Waals surface area contributed by atoms with Crippen LogP contribution in [0.4, 0.5) is 15.8 Å². The van der Waals surface area contributed by atoms with Crippen LogP contribution >= 0.6 is 0 Å². The van der Waals surface area contributed by atoms with E-state index in [1.165, 1.54) is 12.1 Å². The molecular weight excluding hydrogens is 279 g/mol. The van der Waals surface area contributed by atoms with Crippen molar-refractivity contribution in [3.8, 4) is 5.75 Å². The molecule has 2 rings (SSSR count).